The van der Waals surface area contributed by atoms with Gasteiger partial charge in [0.25, 0.3) is 5.91 Å². The van der Waals surface area contributed by atoms with Crippen LogP contribution in [0.15, 0.2) is 42.5 Å². The van der Waals surface area contributed by atoms with Crippen LogP contribution in [0.1, 0.15) is 22.3 Å². The maximum atomic E-state index is 12.8. The number of hydrogen-bond acceptors (Lipinski definition) is 2. The highest BCUT2D eigenvalue weighted by Gasteiger charge is 2.24. The Kier molecular flexibility index (Phi) is 7.05. The molecule has 1 N–H and O–H groups in total. The van der Waals surface area contributed by atoms with Gasteiger partial charge in [-0.05, 0) is 30.2 Å². The molecular weight excluding hydrogens is 421 g/mol. The SMILES string of the molecule is O=C(NCc1ccccc1Cl)N1CCCN(C(=O)c2cccc(Cl)c2Cl)CC1. The predicted molar refractivity (Wildman–Crippen MR) is 112 cm³/mol. The molecule has 1 fully saturated rings. The van der Waals surface area contributed by atoms with E-state index in [-0.39, 0.29) is 17.0 Å². The van der Waals surface area contributed by atoms with Crippen molar-refractivity contribution in [2.75, 3.05) is 26.2 Å². The predicted octanol–water partition coefficient (Wildman–Crippen LogP) is 4.70. The fraction of sp³-hybridized carbons (Fsp3) is 0.300. The average molecular weight is 441 g/mol. The van der Waals surface area contributed by atoms with Crippen molar-refractivity contribution in [1.82, 2.24) is 15.1 Å². The topological polar surface area (TPSA) is 52.7 Å². The Morgan fingerprint density at radius 2 is 1.54 bits per heavy atom. The van der Waals surface area contributed by atoms with Crippen LogP contribution in [0.3, 0.4) is 0 Å². The normalized spacial score (nSPS) is 14.5. The number of rotatable bonds is 3. The van der Waals surface area contributed by atoms with Crippen molar-refractivity contribution in [2.24, 2.45) is 0 Å². The van der Waals surface area contributed by atoms with E-state index in [0.29, 0.717) is 54.8 Å². The fourth-order valence-electron chi connectivity index (χ4n) is 3.09. The maximum Gasteiger partial charge on any atom is 0.317 e. The second-order valence-corrected chi connectivity index (χ2v) is 7.68. The van der Waals surface area contributed by atoms with E-state index in [1.807, 2.05) is 18.2 Å². The molecule has 3 amide bonds. The molecule has 148 valence electrons. The zero-order valence-corrected chi connectivity index (χ0v) is 17.4. The van der Waals surface area contributed by atoms with Gasteiger partial charge in [0, 0.05) is 37.7 Å². The van der Waals surface area contributed by atoms with Crippen molar-refractivity contribution < 1.29 is 9.59 Å². The van der Waals surface area contributed by atoms with Gasteiger partial charge < -0.3 is 15.1 Å². The van der Waals surface area contributed by atoms with Gasteiger partial charge in [0.15, 0.2) is 0 Å². The first-order valence-corrected chi connectivity index (χ1v) is 10.1. The van der Waals surface area contributed by atoms with E-state index < -0.39 is 0 Å². The molecule has 1 aliphatic heterocycles. The van der Waals surface area contributed by atoms with Crippen LogP contribution in [0.2, 0.25) is 15.1 Å². The molecule has 0 saturated carbocycles. The van der Waals surface area contributed by atoms with Gasteiger partial charge in [0.05, 0.1) is 15.6 Å². The van der Waals surface area contributed by atoms with Crippen molar-refractivity contribution >= 4 is 46.7 Å². The number of benzene rings is 2. The van der Waals surface area contributed by atoms with Gasteiger partial charge in [-0.2, -0.15) is 0 Å². The van der Waals surface area contributed by atoms with E-state index in [1.165, 1.54) is 0 Å². The van der Waals surface area contributed by atoms with Crippen LogP contribution in [0.5, 0.6) is 0 Å². The summed E-state index contributed by atoms with van der Waals surface area (Å²) >= 11 is 18.3. The Morgan fingerprint density at radius 3 is 2.32 bits per heavy atom. The van der Waals surface area contributed by atoms with Gasteiger partial charge in [-0.1, -0.05) is 59.1 Å². The summed E-state index contributed by atoms with van der Waals surface area (Å²) in [5.74, 6) is -0.175. The molecule has 2 aromatic carbocycles. The molecule has 1 aliphatic rings. The lowest BCUT2D eigenvalue weighted by Gasteiger charge is -2.23. The molecule has 0 aromatic heterocycles. The minimum atomic E-state index is -0.175. The first-order chi connectivity index (χ1) is 13.5. The summed E-state index contributed by atoms with van der Waals surface area (Å²) in [6.45, 7) is 2.35. The van der Waals surface area contributed by atoms with E-state index >= 15 is 0 Å². The smallest absolute Gasteiger partial charge is 0.317 e. The van der Waals surface area contributed by atoms with Crippen molar-refractivity contribution in [3.05, 3.63) is 68.7 Å². The Morgan fingerprint density at radius 1 is 0.857 bits per heavy atom. The lowest BCUT2D eigenvalue weighted by Crippen LogP contribution is -2.42. The minimum Gasteiger partial charge on any atom is -0.337 e. The second-order valence-electron chi connectivity index (χ2n) is 6.48. The number of urea groups is 1. The molecule has 5 nitrogen and oxygen atoms in total. The molecule has 0 radical (unpaired) electrons. The van der Waals surface area contributed by atoms with Crippen LogP contribution in [0, 0.1) is 0 Å². The number of amides is 3. The quantitative estimate of drug-likeness (QED) is 0.752. The highest BCUT2D eigenvalue weighted by molar-refractivity contribution is 6.43. The molecule has 0 aliphatic carbocycles. The van der Waals surface area contributed by atoms with Crippen molar-refractivity contribution in [2.45, 2.75) is 13.0 Å². The van der Waals surface area contributed by atoms with Gasteiger partial charge in [-0.3, -0.25) is 4.79 Å². The van der Waals surface area contributed by atoms with Crippen LogP contribution in [0.4, 0.5) is 4.79 Å². The van der Waals surface area contributed by atoms with E-state index in [9.17, 15) is 9.59 Å². The number of carbonyl (C=O) groups is 2. The zero-order chi connectivity index (χ0) is 20.1. The third-order valence-corrected chi connectivity index (χ3v) is 5.83. The molecule has 0 atom stereocenters. The van der Waals surface area contributed by atoms with Crippen LogP contribution >= 0.6 is 34.8 Å². The molecule has 0 unspecified atom stereocenters. The summed E-state index contributed by atoms with van der Waals surface area (Å²) in [6, 6.07) is 12.2. The van der Waals surface area contributed by atoms with Crippen LogP contribution in [-0.4, -0.2) is 47.9 Å². The van der Waals surface area contributed by atoms with Crippen LogP contribution in [0.25, 0.3) is 0 Å². The Bertz CT molecular complexity index is 876. The zero-order valence-electron chi connectivity index (χ0n) is 15.1. The van der Waals surface area contributed by atoms with Crippen LogP contribution < -0.4 is 5.32 Å². The van der Waals surface area contributed by atoms with Crippen molar-refractivity contribution in [3.63, 3.8) is 0 Å². The molecule has 3 rings (SSSR count). The summed E-state index contributed by atoms with van der Waals surface area (Å²) in [5, 5.41) is 4.12. The van der Waals surface area contributed by atoms with Crippen LogP contribution in [-0.2, 0) is 6.54 Å². The number of nitrogens with zero attached hydrogens (tertiary/aromatic N) is 2. The summed E-state index contributed by atoms with van der Waals surface area (Å²) in [6.07, 6.45) is 0.684. The van der Waals surface area contributed by atoms with Gasteiger partial charge in [-0.25, -0.2) is 4.79 Å². The van der Waals surface area contributed by atoms with Gasteiger partial charge in [0.1, 0.15) is 0 Å². The van der Waals surface area contributed by atoms with Crippen molar-refractivity contribution in [1.29, 1.82) is 0 Å². The molecule has 0 bridgehead atoms. The summed E-state index contributed by atoms with van der Waals surface area (Å²) in [7, 11) is 0. The fourth-order valence-corrected chi connectivity index (χ4v) is 3.67. The highest BCUT2D eigenvalue weighted by atomic mass is 35.5. The van der Waals surface area contributed by atoms with Gasteiger partial charge in [0.2, 0.25) is 0 Å². The third-order valence-electron chi connectivity index (χ3n) is 4.64. The second kappa shape index (κ2) is 9.50. The number of carbonyl (C=O) groups excluding carboxylic acids is 2. The third kappa shape index (κ3) is 4.90. The highest BCUT2D eigenvalue weighted by Crippen LogP contribution is 2.26. The minimum absolute atomic E-state index is 0.171. The summed E-state index contributed by atoms with van der Waals surface area (Å²) in [5.41, 5.74) is 1.24. The molecule has 8 heteroatoms. The van der Waals surface area contributed by atoms with Gasteiger partial charge in [-0.15, -0.1) is 0 Å². The summed E-state index contributed by atoms with van der Waals surface area (Å²) < 4.78 is 0. The Labute approximate surface area is 179 Å². The van der Waals surface area contributed by atoms with E-state index in [0.717, 1.165) is 5.56 Å². The number of halogens is 3. The van der Waals surface area contributed by atoms with Crippen molar-refractivity contribution in [3.8, 4) is 0 Å². The van der Waals surface area contributed by atoms with E-state index in [1.54, 1.807) is 34.1 Å². The van der Waals surface area contributed by atoms with E-state index in [4.69, 9.17) is 34.8 Å². The molecular formula is C20H20Cl3N3O2. The molecule has 1 saturated heterocycles. The van der Waals surface area contributed by atoms with Gasteiger partial charge >= 0.3 is 6.03 Å². The molecule has 0 spiro atoms. The van der Waals surface area contributed by atoms with E-state index in [2.05, 4.69) is 5.32 Å². The maximum absolute atomic E-state index is 12.8. The molecule has 2 aromatic rings. The Balaban J connectivity index is 1.58. The lowest BCUT2D eigenvalue weighted by atomic mass is 10.2. The first kappa shape index (κ1) is 20.8. The lowest BCUT2D eigenvalue weighted by molar-refractivity contribution is 0.0762. The molecule has 28 heavy (non-hydrogen) atoms. The standard InChI is InChI=1S/C20H20Cl3N3O2/c21-16-7-2-1-5-14(16)13-24-20(28)26-10-4-9-25(11-12-26)19(27)15-6-3-8-17(22)18(15)23/h1-3,5-8H,4,9-13H2,(H,24,28). The summed E-state index contributed by atoms with van der Waals surface area (Å²) in [4.78, 5) is 28.7. The monoisotopic (exact) mass is 439 g/mol. The molecule has 1 heterocycles. The Hall–Kier alpha value is -1.95. The largest absolute Gasteiger partial charge is 0.337 e. The number of hydrogen-bond donors (Lipinski definition) is 1. The average Bonchev–Trinajstić information content (AvgIpc) is 2.95. The first-order valence-electron chi connectivity index (χ1n) is 8.97. The number of nitrogens with one attached hydrogen (secondary N) is 1.